The van der Waals surface area contributed by atoms with E-state index in [-0.39, 0.29) is 11.7 Å². The quantitative estimate of drug-likeness (QED) is 0.363. The zero-order valence-corrected chi connectivity index (χ0v) is 14.2. The third-order valence-corrected chi connectivity index (χ3v) is 3.76. The molecule has 1 aromatic rings. The zero-order chi connectivity index (χ0) is 16.2. The fraction of sp³-hybridized carbons (Fsp3) is 0.588. The van der Waals surface area contributed by atoms with Crippen molar-refractivity contribution in [1.82, 2.24) is 4.98 Å². The molecule has 0 aliphatic rings. The van der Waals surface area contributed by atoms with E-state index in [2.05, 4.69) is 22.9 Å². The first kappa shape index (κ1) is 18.7. The fourth-order valence-corrected chi connectivity index (χ4v) is 2.41. The minimum Gasteiger partial charge on any atom is -0.311 e. The molecule has 5 heteroatoms. The summed E-state index contributed by atoms with van der Waals surface area (Å²) in [5.41, 5.74) is 0.374. The van der Waals surface area contributed by atoms with Crippen LogP contribution in [0.2, 0.25) is 0 Å². The molecule has 22 heavy (non-hydrogen) atoms. The molecule has 1 rings (SSSR count). The van der Waals surface area contributed by atoms with Gasteiger partial charge in [0.1, 0.15) is 11.5 Å². The number of rotatable bonds is 11. The molecule has 0 fully saturated rings. The van der Waals surface area contributed by atoms with Gasteiger partial charge in [0.05, 0.1) is 0 Å². The second kappa shape index (κ2) is 11.2. The van der Waals surface area contributed by atoms with E-state index in [1.807, 2.05) is 0 Å². The highest BCUT2D eigenvalue weighted by atomic mass is 32.1. The summed E-state index contributed by atoms with van der Waals surface area (Å²) in [5, 5.41) is 2.75. The number of ketones is 1. The smallest absolute Gasteiger partial charge is 0.225 e. The summed E-state index contributed by atoms with van der Waals surface area (Å²) >= 11 is 4.19. The molecule has 0 saturated heterocycles. The van der Waals surface area contributed by atoms with Crippen molar-refractivity contribution in [3.05, 3.63) is 23.9 Å². The summed E-state index contributed by atoms with van der Waals surface area (Å²) in [4.78, 5) is 27.2. The Bertz CT molecular complexity index is 477. The predicted octanol–water partition coefficient (Wildman–Crippen LogP) is 4.27. The first-order valence-electron chi connectivity index (χ1n) is 8.02. The molecule has 0 spiro atoms. The Hall–Kier alpha value is -1.36. The van der Waals surface area contributed by atoms with Gasteiger partial charge in [-0.15, -0.1) is 0 Å². The van der Waals surface area contributed by atoms with E-state index in [0.29, 0.717) is 17.9 Å². The minimum atomic E-state index is -0.103. The summed E-state index contributed by atoms with van der Waals surface area (Å²) in [7, 11) is 0. The summed E-state index contributed by atoms with van der Waals surface area (Å²) in [6.45, 7) is 1.46. The molecule has 0 atom stereocenters. The van der Waals surface area contributed by atoms with Gasteiger partial charge in [0.25, 0.3) is 0 Å². The van der Waals surface area contributed by atoms with E-state index >= 15 is 0 Å². The van der Waals surface area contributed by atoms with Gasteiger partial charge in [-0.25, -0.2) is 4.98 Å². The maximum Gasteiger partial charge on any atom is 0.225 e. The Balaban J connectivity index is 2.16. The lowest BCUT2D eigenvalue weighted by Crippen LogP contribution is -2.13. The topological polar surface area (TPSA) is 59.1 Å². The highest BCUT2D eigenvalue weighted by Gasteiger charge is 2.06. The van der Waals surface area contributed by atoms with E-state index in [0.717, 1.165) is 18.6 Å². The van der Waals surface area contributed by atoms with Crippen LogP contribution in [-0.4, -0.2) is 22.4 Å². The number of nitrogens with one attached hydrogen (secondary N) is 1. The van der Waals surface area contributed by atoms with Crippen LogP contribution in [-0.2, 0) is 4.79 Å². The molecular formula is C17H26N2O2S. The molecule has 0 unspecified atom stereocenters. The van der Waals surface area contributed by atoms with Gasteiger partial charge in [0.15, 0.2) is 5.78 Å². The number of thiol groups is 1. The number of carbonyl (C=O) groups excluding carboxylic acids is 2. The Labute approximate surface area is 138 Å². The highest BCUT2D eigenvalue weighted by Crippen LogP contribution is 2.10. The van der Waals surface area contributed by atoms with Crippen molar-refractivity contribution in [2.45, 2.75) is 58.3 Å². The van der Waals surface area contributed by atoms with Gasteiger partial charge in [-0.05, 0) is 30.7 Å². The lowest BCUT2D eigenvalue weighted by atomic mass is 10.1. The van der Waals surface area contributed by atoms with Gasteiger partial charge < -0.3 is 5.32 Å². The molecule has 0 aliphatic carbocycles. The average molecular weight is 322 g/mol. The summed E-state index contributed by atoms with van der Waals surface area (Å²) in [5.74, 6) is 1.28. The highest BCUT2D eigenvalue weighted by molar-refractivity contribution is 7.80. The second-order valence-corrected chi connectivity index (χ2v) is 5.91. The van der Waals surface area contributed by atoms with Gasteiger partial charge >= 0.3 is 0 Å². The van der Waals surface area contributed by atoms with E-state index in [1.165, 1.54) is 39.0 Å². The Morgan fingerprint density at radius 2 is 1.68 bits per heavy atom. The maximum absolute atomic E-state index is 11.8. The molecule has 0 radical (unpaired) electrons. The third kappa shape index (κ3) is 8.17. The number of Topliss-reactive ketones (excluding diaryl/α,β-unsaturated/α-hetero) is 1. The van der Waals surface area contributed by atoms with Crippen molar-refractivity contribution in [1.29, 1.82) is 0 Å². The van der Waals surface area contributed by atoms with Crippen molar-refractivity contribution in [3.63, 3.8) is 0 Å². The van der Waals surface area contributed by atoms with Gasteiger partial charge in [0.2, 0.25) is 5.91 Å². The number of hydrogen-bond donors (Lipinski definition) is 2. The normalized spacial score (nSPS) is 10.5. The van der Waals surface area contributed by atoms with E-state index < -0.39 is 0 Å². The Morgan fingerprint density at radius 3 is 2.32 bits per heavy atom. The molecule has 1 N–H and O–H groups in total. The minimum absolute atomic E-state index is 0.0386. The van der Waals surface area contributed by atoms with Crippen LogP contribution >= 0.6 is 12.6 Å². The number of hydrogen-bond acceptors (Lipinski definition) is 4. The molecule has 0 saturated carbocycles. The number of nitrogens with zero attached hydrogens (tertiary/aromatic N) is 1. The molecule has 122 valence electrons. The standard InChI is InChI=1S/C17H26N2O2S/c1-14(20)15-10-9-11-16(18-15)19-17(21)12-7-5-3-2-4-6-8-13-22/h9-11,22H,2-8,12-13H2,1H3,(H,18,19,21). The average Bonchev–Trinajstić information content (AvgIpc) is 2.50. The van der Waals surface area contributed by atoms with Crippen LogP contribution in [0.4, 0.5) is 5.82 Å². The van der Waals surface area contributed by atoms with Gasteiger partial charge in [0, 0.05) is 13.3 Å². The second-order valence-electron chi connectivity index (χ2n) is 5.46. The van der Waals surface area contributed by atoms with E-state index in [9.17, 15) is 9.59 Å². The van der Waals surface area contributed by atoms with Crippen molar-refractivity contribution >= 4 is 30.1 Å². The number of pyridine rings is 1. The summed E-state index contributed by atoms with van der Waals surface area (Å²) in [6, 6.07) is 5.07. The molecule has 0 aromatic carbocycles. The van der Waals surface area contributed by atoms with Crippen molar-refractivity contribution < 1.29 is 9.59 Å². The van der Waals surface area contributed by atoms with Crippen molar-refractivity contribution in [2.24, 2.45) is 0 Å². The number of unbranched alkanes of at least 4 members (excludes halogenated alkanes) is 6. The predicted molar refractivity (Wildman–Crippen MR) is 93.7 cm³/mol. The monoisotopic (exact) mass is 322 g/mol. The van der Waals surface area contributed by atoms with Crippen LogP contribution in [0, 0.1) is 0 Å². The molecule has 1 aromatic heterocycles. The SMILES string of the molecule is CC(=O)c1cccc(NC(=O)CCCCCCCCCS)n1. The molecule has 4 nitrogen and oxygen atoms in total. The van der Waals surface area contributed by atoms with Crippen LogP contribution < -0.4 is 5.32 Å². The summed E-state index contributed by atoms with van der Waals surface area (Å²) < 4.78 is 0. The lowest BCUT2D eigenvalue weighted by molar-refractivity contribution is -0.116. The molecule has 0 bridgehead atoms. The van der Waals surface area contributed by atoms with Crippen LogP contribution in [0.15, 0.2) is 18.2 Å². The molecular weight excluding hydrogens is 296 g/mol. The maximum atomic E-state index is 11.8. The van der Waals surface area contributed by atoms with Gasteiger partial charge in [-0.3, -0.25) is 9.59 Å². The van der Waals surface area contributed by atoms with E-state index in [1.54, 1.807) is 18.2 Å². The number of carbonyl (C=O) groups is 2. The van der Waals surface area contributed by atoms with Crippen LogP contribution in [0.1, 0.15) is 68.8 Å². The van der Waals surface area contributed by atoms with Gasteiger partial charge in [-0.1, -0.05) is 38.2 Å². The molecule has 0 aliphatic heterocycles. The van der Waals surface area contributed by atoms with Crippen LogP contribution in [0.25, 0.3) is 0 Å². The largest absolute Gasteiger partial charge is 0.311 e. The van der Waals surface area contributed by atoms with Crippen LogP contribution in [0.5, 0.6) is 0 Å². The van der Waals surface area contributed by atoms with Gasteiger partial charge in [-0.2, -0.15) is 12.6 Å². The lowest BCUT2D eigenvalue weighted by Gasteiger charge is -2.05. The van der Waals surface area contributed by atoms with Crippen molar-refractivity contribution in [2.75, 3.05) is 11.1 Å². The van der Waals surface area contributed by atoms with E-state index in [4.69, 9.17) is 0 Å². The molecule has 1 amide bonds. The first-order chi connectivity index (χ1) is 10.6. The Morgan fingerprint density at radius 1 is 1.05 bits per heavy atom. The number of anilines is 1. The zero-order valence-electron chi connectivity index (χ0n) is 13.3. The first-order valence-corrected chi connectivity index (χ1v) is 8.65. The number of amides is 1. The number of aromatic nitrogens is 1. The van der Waals surface area contributed by atoms with Crippen LogP contribution in [0.3, 0.4) is 0 Å². The Kier molecular flexibility index (Phi) is 9.55. The molecule has 1 heterocycles. The third-order valence-electron chi connectivity index (χ3n) is 3.44. The van der Waals surface area contributed by atoms with Crippen molar-refractivity contribution in [3.8, 4) is 0 Å². The fourth-order valence-electron chi connectivity index (χ4n) is 2.19. The summed E-state index contributed by atoms with van der Waals surface area (Å²) in [6.07, 6.45) is 8.59.